The molecule has 0 bridgehead atoms. The Morgan fingerprint density at radius 2 is 1.89 bits per heavy atom. The lowest BCUT2D eigenvalue weighted by Gasteiger charge is -2.32. The van der Waals surface area contributed by atoms with E-state index in [0.29, 0.717) is 6.04 Å². The summed E-state index contributed by atoms with van der Waals surface area (Å²) < 4.78 is 14.0. The van der Waals surface area contributed by atoms with Crippen molar-refractivity contribution >= 4 is 28.3 Å². The average Bonchev–Trinajstić information content (AvgIpc) is 2.33. The van der Waals surface area contributed by atoms with E-state index >= 15 is 0 Å². The molecule has 0 amide bonds. The van der Waals surface area contributed by atoms with E-state index in [1.54, 1.807) is 6.07 Å². The average molecular weight is 361 g/mol. The highest BCUT2D eigenvalue weighted by Crippen LogP contribution is 2.32. The van der Waals surface area contributed by atoms with E-state index in [1.807, 2.05) is 6.07 Å². The van der Waals surface area contributed by atoms with Crippen molar-refractivity contribution in [3.8, 4) is 0 Å². The van der Waals surface area contributed by atoms with Crippen molar-refractivity contribution in [2.75, 3.05) is 5.32 Å². The van der Waals surface area contributed by atoms with Gasteiger partial charge in [-0.05, 0) is 78.3 Å². The van der Waals surface area contributed by atoms with E-state index in [9.17, 15) is 4.39 Å². The third-order valence-electron chi connectivity index (χ3n) is 4.01. The minimum atomic E-state index is -0.159. The summed E-state index contributed by atoms with van der Waals surface area (Å²) in [7, 11) is 0. The van der Waals surface area contributed by atoms with Gasteiger partial charge in [0.25, 0.3) is 0 Å². The molecule has 0 aliphatic heterocycles. The van der Waals surface area contributed by atoms with Gasteiger partial charge in [0.05, 0.1) is 0 Å². The number of nitrogens with one attached hydrogen (secondary N) is 1. The van der Waals surface area contributed by atoms with Gasteiger partial charge < -0.3 is 5.32 Å². The molecular weight excluding hydrogens is 340 g/mol. The van der Waals surface area contributed by atoms with Crippen molar-refractivity contribution in [2.45, 2.75) is 45.6 Å². The Labute approximate surface area is 123 Å². The topological polar surface area (TPSA) is 12.0 Å². The van der Waals surface area contributed by atoms with Crippen molar-refractivity contribution < 1.29 is 4.39 Å². The highest BCUT2D eigenvalue weighted by atomic mass is 127. The maximum absolute atomic E-state index is 13.0. The number of halogens is 2. The van der Waals surface area contributed by atoms with Crippen LogP contribution in [0.5, 0.6) is 0 Å². The summed E-state index contributed by atoms with van der Waals surface area (Å²) in [6.07, 6.45) is 5.09. The van der Waals surface area contributed by atoms with Gasteiger partial charge in [0.2, 0.25) is 0 Å². The van der Waals surface area contributed by atoms with Crippen LogP contribution in [-0.2, 0) is 0 Å². The van der Waals surface area contributed by atoms with Crippen LogP contribution < -0.4 is 5.32 Å². The van der Waals surface area contributed by atoms with Crippen molar-refractivity contribution in [3.05, 3.63) is 27.6 Å². The SMILES string of the molecule is CC(C)C1CCC(Nc2ccc(F)cc2I)CC1. The first-order valence-corrected chi connectivity index (χ1v) is 7.85. The Balaban J connectivity index is 1.91. The van der Waals surface area contributed by atoms with Crippen molar-refractivity contribution in [1.29, 1.82) is 0 Å². The van der Waals surface area contributed by atoms with Gasteiger partial charge in [-0.2, -0.15) is 0 Å². The largest absolute Gasteiger partial charge is 0.381 e. The second-order valence-corrected chi connectivity index (χ2v) is 6.79. The van der Waals surface area contributed by atoms with Crippen molar-refractivity contribution in [3.63, 3.8) is 0 Å². The molecule has 1 saturated carbocycles. The number of hydrogen-bond acceptors (Lipinski definition) is 1. The van der Waals surface area contributed by atoms with Gasteiger partial charge in [0.15, 0.2) is 0 Å². The van der Waals surface area contributed by atoms with Crippen LogP contribution in [-0.4, -0.2) is 6.04 Å². The summed E-state index contributed by atoms with van der Waals surface area (Å²) in [4.78, 5) is 0. The quantitative estimate of drug-likeness (QED) is 0.743. The van der Waals surface area contributed by atoms with Gasteiger partial charge in [-0.25, -0.2) is 4.39 Å². The van der Waals surface area contributed by atoms with E-state index in [-0.39, 0.29) is 5.82 Å². The molecular formula is C15H21FIN. The van der Waals surface area contributed by atoms with Crippen LogP contribution in [0, 0.1) is 21.2 Å². The molecule has 0 aromatic heterocycles. The molecule has 0 atom stereocenters. The monoisotopic (exact) mass is 361 g/mol. The molecule has 1 fully saturated rings. The van der Waals surface area contributed by atoms with Crippen LogP contribution in [0.15, 0.2) is 18.2 Å². The van der Waals surface area contributed by atoms with Crippen LogP contribution in [0.2, 0.25) is 0 Å². The lowest BCUT2D eigenvalue weighted by molar-refractivity contribution is 0.267. The Hall–Kier alpha value is -0.320. The summed E-state index contributed by atoms with van der Waals surface area (Å²) in [5.41, 5.74) is 1.07. The van der Waals surface area contributed by atoms with Crippen molar-refractivity contribution in [2.24, 2.45) is 11.8 Å². The fourth-order valence-electron chi connectivity index (χ4n) is 2.76. The molecule has 0 radical (unpaired) electrons. The van der Waals surface area contributed by atoms with Gasteiger partial charge in [-0.1, -0.05) is 13.8 Å². The van der Waals surface area contributed by atoms with Crippen molar-refractivity contribution in [1.82, 2.24) is 0 Å². The van der Waals surface area contributed by atoms with E-state index in [1.165, 1.54) is 31.7 Å². The summed E-state index contributed by atoms with van der Waals surface area (Å²) in [6.45, 7) is 4.64. The van der Waals surface area contributed by atoms with Gasteiger partial charge in [0, 0.05) is 15.3 Å². The Morgan fingerprint density at radius 1 is 1.22 bits per heavy atom. The molecule has 1 nitrogen and oxygen atoms in total. The van der Waals surface area contributed by atoms with Crippen LogP contribution in [0.4, 0.5) is 10.1 Å². The van der Waals surface area contributed by atoms with Crippen LogP contribution in [0.25, 0.3) is 0 Å². The Morgan fingerprint density at radius 3 is 2.44 bits per heavy atom. The minimum absolute atomic E-state index is 0.159. The molecule has 0 saturated heterocycles. The fourth-order valence-corrected chi connectivity index (χ4v) is 3.39. The second kappa shape index (κ2) is 6.22. The van der Waals surface area contributed by atoms with E-state index in [0.717, 1.165) is 21.1 Å². The molecule has 0 spiro atoms. The predicted octanol–water partition coefficient (Wildman–Crippen LogP) is 5.06. The zero-order chi connectivity index (χ0) is 13.1. The molecule has 18 heavy (non-hydrogen) atoms. The zero-order valence-corrected chi connectivity index (χ0v) is 13.2. The molecule has 0 unspecified atom stereocenters. The minimum Gasteiger partial charge on any atom is -0.381 e. The van der Waals surface area contributed by atoms with Gasteiger partial charge in [-0.15, -0.1) is 0 Å². The molecule has 0 heterocycles. The van der Waals surface area contributed by atoms with Gasteiger partial charge in [0.1, 0.15) is 5.82 Å². The molecule has 1 N–H and O–H groups in total. The molecule has 1 aliphatic carbocycles. The maximum atomic E-state index is 13.0. The smallest absolute Gasteiger partial charge is 0.124 e. The first-order valence-electron chi connectivity index (χ1n) is 6.78. The summed E-state index contributed by atoms with van der Waals surface area (Å²) in [6, 6.07) is 5.53. The van der Waals surface area contributed by atoms with E-state index in [2.05, 4.69) is 41.8 Å². The fraction of sp³-hybridized carbons (Fsp3) is 0.600. The second-order valence-electron chi connectivity index (χ2n) is 5.62. The van der Waals surface area contributed by atoms with Crippen LogP contribution >= 0.6 is 22.6 Å². The number of benzene rings is 1. The summed E-state index contributed by atoms with van der Waals surface area (Å²) in [5.74, 6) is 1.53. The molecule has 1 aliphatic rings. The molecule has 100 valence electrons. The lowest BCUT2D eigenvalue weighted by Crippen LogP contribution is -2.28. The van der Waals surface area contributed by atoms with E-state index in [4.69, 9.17) is 0 Å². The van der Waals surface area contributed by atoms with Gasteiger partial charge >= 0.3 is 0 Å². The van der Waals surface area contributed by atoms with Crippen LogP contribution in [0.1, 0.15) is 39.5 Å². The first-order chi connectivity index (χ1) is 8.56. The Kier molecular flexibility index (Phi) is 4.87. The Bertz CT molecular complexity index is 397. The van der Waals surface area contributed by atoms with Gasteiger partial charge in [-0.3, -0.25) is 0 Å². The number of rotatable bonds is 3. The highest BCUT2D eigenvalue weighted by Gasteiger charge is 2.23. The molecule has 3 heteroatoms. The van der Waals surface area contributed by atoms with E-state index < -0.39 is 0 Å². The zero-order valence-electron chi connectivity index (χ0n) is 11.0. The third-order valence-corrected chi connectivity index (χ3v) is 4.90. The highest BCUT2D eigenvalue weighted by molar-refractivity contribution is 14.1. The molecule has 1 aromatic rings. The summed E-state index contributed by atoms with van der Waals surface area (Å²) >= 11 is 2.19. The normalized spacial score (nSPS) is 24.3. The predicted molar refractivity (Wildman–Crippen MR) is 83.3 cm³/mol. The maximum Gasteiger partial charge on any atom is 0.124 e. The van der Waals surface area contributed by atoms with Crippen LogP contribution in [0.3, 0.4) is 0 Å². The standard InChI is InChI=1S/C15H21FIN/c1-10(2)11-3-6-13(7-4-11)18-15-8-5-12(16)9-14(15)17/h5,8-11,13,18H,3-4,6-7H2,1-2H3. The third kappa shape index (κ3) is 3.59. The first kappa shape index (κ1) is 14.1. The molecule has 2 rings (SSSR count). The molecule has 1 aromatic carbocycles. The number of hydrogen-bond donors (Lipinski definition) is 1. The summed E-state index contributed by atoms with van der Waals surface area (Å²) in [5, 5.41) is 3.56. The number of anilines is 1. The lowest BCUT2D eigenvalue weighted by atomic mass is 9.79.